The number of likely N-dealkylation sites (tertiary alicyclic amines) is 1. The second kappa shape index (κ2) is 9.72. The van der Waals surface area contributed by atoms with Gasteiger partial charge >= 0.3 is 17.8 Å². The van der Waals surface area contributed by atoms with Crippen molar-refractivity contribution in [2.75, 3.05) is 26.2 Å². The molecule has 0 bridgehead atoms. The van der Waals surface area contributed by atoms with Crippen LogP contribution in [0.15, 0.2) is 66.5 Å². The molecule has 5 rings (SSSR count). The summed E-state index contributed by atoms with van der Waals surface area (Å²) < 4.78 is -0.471. The SMILES string of the molecule is O=C(O)/C=C(\C(=O)O)[N+]1(CC2CCN(CCc3c[nH]c4ccccc34)CC2)Cc2ccccc2C1=O. The van der Waals surface area contributed by atoms with Gasteiger partial charge in [0.1, 0.15) is 6.54 Å². The number of carboxylic acids is 2. The number of nitrogens with zero attached hydrogens (tertiary/aromatic N) is 2. The minimum Gasteiger partial charge on any atom is -0.478 e. The molecule has 8 nitrogen and oxygen atoms in total. The standard InChI is InChI=1S/C28H29N3O5/c32-26(33)15-25(28(35)36)31(18-21-5-1-2-7-23(21)27(31)34)17-19-9-12-30(13-10-19)14-11-20-16-29-24-8-4-3-6-22(20)24/h1-8,15-16,19,29H,9-14,17-18H2,(H-,32,33,35,36)/p+1/b25-15+. The number of nitrogens with one attached hydrogen (secondary N) is 1. The molecule has 1 amide bonds. The van der Waals surface area contributed by atoms with Crippen molar-refractivity contribution in [3.05, 3.63) is 83.2 Å². The van der Waals surface area contributed by atoms with Gasteiger partial charge in [-0.3, -0.25) is 0 Å². The van der Waals surface area contributed by atoms with Gasteiger partial charge in [0.05, 0.1) is 18.2 Å². The van der Waals surface area contributed by atoms with E-state index in [1.807, 2.05) is 24.3 Å². The zero-order valence-electron chi connectivity index (χ0n) is 20.0. The minimum atomic E-state index is -1.37. The number of rotatable bonds is 8. The van der Waals surface area contributed by atoms with Crippen LogP contribution in [0.4, 0.5) is 0 Å². The molecule has 0 saturated carbocycles. The predicted molar refractivity (Wildman–Crippen MR) is 134 cm³/mol. The maximum absolute atomic E-state index is 13.6. The molecular weight excluding hydrogens is 458 g/mol. The number of carboxylic acid groups (broad SMARTS) is 2. The monoisotopic (exact) mass is 488 g/mol. The average molecular weight is 489 g/mol. The Bertz CT molecular complexity index is 1350. The third-order valence-corrected chi connectivity index (χ3v) is 7.67. The van der Waals surface area contributed by atoms with Crippen molar-refractivity contribution in [2.24, 2.45) is 5.92 Å². The van der Waals surface area contributed by atoms with Crippen molar-refractivity contribution < 1.29 is 29.1 Å². The number of aromatic amines is 1. The number of aliphatic carboxylic acids is 2. The van der Waals surface area contributed by atoms with Gasteiger partial charge in [0.15, 0.2) is 0 Å². The topological polar surface area (TPSA) is 111 Å². The van der Waals surface area contributed by atoms with Crippen molar-refractivity contribution in [2.45, 2.75) is 25.8 Å². The van der Waals surface area contributed by atoms with E-state index in [1.165, 1.54) is 10.9 Å². The number of piperidine rings is 1. The number of fused-ring (bicyclic) bond motifs is 2. The zero-order valence-corrected chi connectivity index (χ0v) is 20.0. The number of quaternary nitrogens is 1. The number of hydrogen-bond acceptors (Lipinski definition) is 4. The molecule has 36 heavy (non-hydrogen) atoms. The van der Waals surface area contributed by atoms with Gasteiger partial charge in [-0.15, -0.1) is 0 Å². The first kappa shape index (κ1) is 24.0. The Hall–Kier alpha value is -3.75. The third-order valence-electron chi connectivity index (χ3n) is 7.67. The van der Waals surface area contributed by atoms with Crippen LogP contribution in [0, 0.1) is 5.92 Å². The summed E-state index contributed by atoms with van der Waals surface area (Å²) in [5.74, 6) is -2.94. The summed E-state index contributed by atoms with van der Waals surface area (Å²) in [5, 5.41) is 20.6. The molecule has 1 aromatic heterocycles. The van der Waals surface area contributed by atoms with Crippen molar-refractivity contribution in [1.29, 1.82) is 0 Å². The summed E-state index contributed by atoms with van der Waals surface area (Å²) in [6.45, 7) is 3.10. The summed E-state index contributed by atoms with van der Waals surface area (Å²) in [6, 6.07) is 15.4. The Labute approximate surface area is 209 Å². The molecule has 2 aromatic carbocycles. The van der Waals surface area contributed by atoms with Crippen molar-refractivity contribution >= 4 is 28.7 Å². The Morgan fingerprint density at radius 1 is 1.06 bits per heavy atom. The quantitative estimate of drug-likeness (QED) is 0.330. The highest BCUT2D eigenvalue weighted by molar-refractivity contribution is 5.99. The molecule has 1 atom stereocenters. The lowest BCUT2D eigenvalue weighted by Gasteiger charge is -2.38. The molecule has 8 heteroatoms. The van der Waals surface area contributed by atoms with Crippen LogP contribution in [-0.2, 0) is 22.6 Å². The van der Waals surface area contributed by atoms with Crippen LogP contribution >= 0.6 is 0 Å². The first-order valence-electron chi connectivity index (χ1n) is 12.3. The number of aromatic nitrogens is 1. The van der Waals surface area contributed by atoms with Gasteiger partial charge < -0.3 is 20.1 Å². The van der Waals surface area contributed by atoms with E-state index in [4.69, 9.17) is 0 Å². The maximum atomic E-state index is 13.6. The highest BCUT2D eigenvalue weighted by Gasteiger charge is 2.52. The number of H-pyrrole nitrogens is 1. The minimum absolute atomic E-state index is 0.115. The van der Waals surface area contributed by atoms with Crippen molar-refractivity contribution in [3.63, 3.8) is 0 Å². The Morgan fingerprint density at radius 3 is 2.50 bits per heavy atom. The summed E-state index contributed by atoms with van der Waals surface area (Å²) >= 11 is 0. The number of carbonyl (C=O) groups is 3. The molecule has 3 N–H and O–H groups in total. The maximum Gasteiger partial charge on any atom is 0.391 e. The fourth-order valence-corrected chi connectivity index (χ4v) is 5.84. The lowest BCUT2D eigenvalue weighted by Crippen LogP contribution is -2.53. The van der Waals surface area contributed by atoms with Gasteiger partial charge in [0.25, 0.3) is 0 Å². The molecule has 186 valence electrons. The Kier molecular flexibility index (Phi) is 6.47. The van der Waals surface area contributed by atoms with Gasteiger partial charge in [-0.25, -0.2) is 18.9 Å². The highest BCUT2D eigenvalue weighted by Crippen LogP contribution is 2.37. The van der Waals surface area contributed by atoms with Gasteiger partial charge in [0.2, 0.25) is 5.70 Å². The van der Waals surface area contributed by atoms with Gasteiger partial charge in [0, 0.05) is 35.1 Å². The van der Waals surface area contributed by atoms with Crippen LogP contribution in [0.5, 0.6) is 0 Å². The molecule has 1 saturated heterocycles. The molecule has 0 spiro atoms. The van der Waals surface area contributed by atoms with Crippen LogP contribution in [0.3, 0.4) is 0 Å². The van der Waals surface area contributed by atoms with Gasteiger partial charge in [-0.2, -0.15) is 0 Å². The number of hydrogen-bond donors (Lipinski definition) is 3. The summed E-state index contributed by atoms with van der Waals surface area (Å²) in [4.78, 5) is 43.0. The average Bonchev–Trinajstić information content (AvgIpc) is 3.41. The van der Waals surface area contributed by atoms with Crippen LogP contribution in [-0.4, -0.2) is 68.6 Å². The smallest absolute Gasteiger partial charge is 0.391 e. The Morgan fingerprint density at radius 2 is 1.78 bits per heavy atom. The molecule has 2 aliphatic rings. The van der Waals surface area contributed by atoms with Crippen molar-refractivity contribution in [1.82, 2.24) is 9.88 Å². The van der Waals surface area contributed by atoms with Crippen molar-refractivity contribution in [3.8, 4) is 0 Å². The van der Waals surface area contributed by atoms with Crippen LogP contribution < -0.4 is 0 Å². The highest BCUT2D eigenvalue weighted by atomic mass is 16.4. The van der Waals surface area contributed by atoms with E-state index < -0.39 is 16.4 Å². The summed E-state index contributed by atoms with van der Waals surface area (Å²) in [5.41, 5.74) is 3.30. The largest absolute Gasteiger partial charge is 0.478 e. The third kappa shape index (κ3) is 4.45. The van der Waals surface area contributed by atoms with E-state index >= 15 is 0 Å². The number of para-hydroxylation sites is 1. The van der Waals surface area contributed by atoms with Gasteiger partial charge in [-0.1, -0.05) is 36.4 Å². The number of benzene rings is 2. The van der Waals surface area contributed by atoms with E-state index in [0.717, 1.165) is 50.0 Å². The van der Waals surface area contributed by atoms with Crippen LogP contribution in [0.2, 0.25) is 0 Å². The summed E-state index contributed by atoms with van der Waals surface area (Å²) in [6.07, 6.45) is 5.37. The lowest BCUT2D eigenvalue weighted by atomic mass is 9.94. The summed E-state index contributed by atoms with van der Waals surface area (Å²) in [7, 11) is 0. The van der Waals surface area contributed by atoms with Crippen LogP contribution in [0.25, 0.3) is 10.9 Å². The second-order valence-corrected chi connectivity index (χ2v) is 9.84. The molecule has 0 aliphatic carbocycles. The van der Waals surface area contributed by atoms with Gasteiger partial charge in [-0.05, 0) is 50.0 Å². The number of amides is 1. The Balaban J connectivity index is 1.29. The fraction of sp³-hybridized carbons (Fsp3) is 0.321. The van der Waals surface area contributed by atoms with E-state index in [0.29, 0.717) is 11.6 Å². The predicted octanol–water partition coefficient (Wildman–Crippen LogP) is 3.65. The van der Waals surface area contributed by atoms with E-state index in [2.05, 4.69) is 28.2 Å². The second-order valence-electron chi connectivity index (χ2n) is 9.84. The molecule has 0 radical (unpaired) electrons. The fourth-order valence-electron chi connectivity index (χ4n) is 5.84. The normalized spacial score (nSPS) is 21.1. The molecule has 1 unspecified atom stereocenters. The molecule has 3 heterocycles. The molecular formula is C28H30N3O5+. The molecule has 1 fully saturated rings. The molecule has 3 aromatic rings. The van der Waals surface area contributed by atoms with E-state index in [9.17, 15) is 24.6 Å². The van der Waals surface area contributed by atoms with Crippen LogP contribution in [0.1, 0.15) is 34.3 Å². The first-order chi connectivity index (χ1) is 17.4. The van der Waals surface area contributed by atoms with E-state index in [1.54, 1.807) is 12.1 Å². The first-order valence-corrected chi connectivity index (χ1v) is 12.3. The lowest BCUT2D eigenvalue weighted by molar-refractivity contribution is -0.820. The zero-order chi connectivity index (χ0) is 25.3. The van der Waals surface area contributed by atoms with E-state index in [-0.39, 0.29) is 30.6 Å². The number of carbonyl (C=O) groups excluding carboxylic acids is 1. The molecule has 2 aliphatic heterocycles.